The summed E-state index contributed by atoms with van der Waals surface area (Å²) in [5.74, 6) is -1.17. The number of ether oxygens (including phenoxy) is 1. The normalized spacial score (nSPS) is 9.12. The third-order valence-corrected chi connectivity index (χ3v) is 1.63. The van der Waals surface area contributed by atoms with Crippen molar-refractivity contribution in [1.82, 2.24) is 0 Å². The molecular formula is C11H22O6. The first kappa shape index (κ1) is 18.2. The van der Waals surface area contributed by atoms with Crippen LogP contribution >= 0.6 is 0 Å². The van der Waals surface area contributed by atoms with Crippen LogP contribution in [-0.2, 0) is 14.3 Å². The highest BCUT2D eigenvalue weighted by molar-refractivity contribution is 5.71. The van der Waals surface area contributed by atoms with Crippen molar-refractivity contribution >= 4 is 11.9 Å². The molecule has 0 aliphatic carbocycles. The van der Waals surface area contributed by atoms with E-state index in [0.717, 1.165) is 12.8 Å². The number of esters is 1. The number of carboxylic acid groups (broad SMARTS) is 1. The minimum absolute atomic E-state index is 0.0306. The zero-order valence-corrected chi connectivity index (χ0v) is 10.2. The predicted octanol–water partition coefficient (Wildman–Crippen LogP) is 0.556. The van der Waals surface area contributed by atoms with E-state index in [0.29, 0.717) is 13.0 Å². The van der Waals surface area contributed by atoms with E-state index in [1.54, 1.807) is 0 Å². The molecule has 0 aliphatic heterocycles. The number of hydrogen-bond acceptors (Lipinski definition) is 5. The summed E-state index contributed by atoms with van der Waals surface area (Å²) in [6, 6.07) is 0. The Morgan fingerprint density at radius 1 is 1.06 bits per heavy atom. The number of carbonyl (C=O) groups excluding carboxylic acids is 1. The molecule has 0 saturated carbocycles. The smallest absolute Gasteiger partial charge is 0.305 e. The van der Waals surface area contributed by atoms with Gasteiger partial charge in [0.2, 0.25) is 0 Å². The topological polar surface area (TPSA) is 104 Å². The summed E-state index contributed by atoms with van der Waals surface area (Å²) in [7, 11) is 0. The van der Waals surface area contributed by atoms with Crippen molar-refractivity contribution < 1.29 is 29.6 Å². The first-order chi connectivity index (χ1) is 8.08. The predicted molar refractivity (Wildman–Crippen MR) is 61.5 cm³/mol. The largest absolute Gasteiger partial charge is 0.481 e. The standard InChI is InChI=1S/C9H16O4.C2H6O2/c1-2-3-7-13-9(12)6-4-5-8(10)11;3-1-2-4/h2-7H2,1H3,(H,10,11);3-4H,1-2H2. The molecule has 0 unspecified atom stereocenters. The Labute approximate surface area is 101 Å². The number of aliphatic hydroxyl groups is 2. The van der Waals surface area contributed by atoms with Crippen molar-refractivity contribution in [3.05, 3.63) is 0 Å². The second kappa shape index (κ2) is 14.9. The zero-order valence-electron chi connectivity index (χ0n) is 10.2. The molecule has 0 radical (unpaired) electrons. The van der Waals surface area contributed by atoms with Crippen LogP contribution in [0.2, 0.25) is 0 Å². The molecule has 0 aliphatic rings. The zero-order chi connectivity index (χ0) is 13.5. The third kappa shape index (κ3) is 20.8. The van der Waals surface area contributed by atoms with Crippen LogP contribution in [0.5, 0.6) is 0 Å². The van der Waals surface area contributed by atoms with Crippen molar-refractivity contribution in [3.63, 3.8) is 0 Å². The SMILES string of the molecule is CCCCOC(=O)CCCC(=O)O.OCCO. The maximum absolute atomic E-state index is 10.9. The summed E-state index contributed by atoms with van der Waals surface area (Å²) in [6.07, 6.45) is 2.45. The highest BCUT2D eigenvalue weighted by atomic mass is 16.5. The van der Waals surface area contributed by atoms with Crippen molar-refractivity contribution in [2.45, 2.75) is 39.0 Å². The van der Waals surface area contributed by atoms with E-state index in [-0.39, 0.29) is 32.0 Å². The van der Waals surface area contributed by atoms with Gasteiger partial charge in [-0.1, -0.05) is 13.3 Å². The van der Waals surface area contributed by atoms with Crippen LogP contribution in [0.1, 0.15) is 39.0 Å². The number of rotatable bonds is 8. The fraction of sp³-hybridized carbons (Fsp3) is 0.818. The van der Waals surface area contributed by atoms with Gasteiger partial charge in [0.1, 0.15) is 0 Å². The van der Waals surface area contributed by atoms with E-state index in [1.165, 1.54) is 0 Å². The molecular weight excluding hydrogens is 228 g/mol. The molecule has 0 spiro atoms. The number of unbranched alkanes of at least 4 members (excludes halogenated alkanes) is 1. The molecule has 0 amide bonds. The number of carbonyl (C=O) groups is 2. The second-order valence-electron chi connectivity index (χ2n) is 3.27. The number of hydrogen-bond donors (Lipinski definition) is 3. The molecule has 0 heterocycles. The lowest BCUT2D eigenvalue weighted by molar-refractivity contribution is -0.144. The quantitative estimate of drug-likeness (QED) is 0.429. The maximum Gasteiger partial charge on any atom is 0.305 e. The van der Waals surface area contributed by atoms with Gasteiger partial charge in [0.15, 0.2) is 0 Å². The summed E-state index contributed by atoms with van der Waals surface area (Å²) in [5, 5.41) is 23.5. The minimum Gasteiger partial charge on any atom is -0.481 e. The summed E-state index contributed by atoms with van der Waals surface area (Å²) in [4.78, 5) is 21.0. The summed E-state index contributed by atoms with van der Waals surface area (Å²) in [6.45, 7) is 2.21. The molecule has 0 aromatic carbocycles. The lowest BCUT2D eigenvalue weighted by atomic mass is 10.2. The molecule has 6 heteroatoms. The summed E-state index contributed by atoms with van der Waals surface area (Å²) >= 11 is 0. The minimum atomic E-state index is -0.874. The Morgan fingerprint density at radius 3 is 2.06 bits per heavy atom. The van der Waals surface area contributed by atoms with Gasteiger partial charge in [0.05, 0.1) is 19.8 Å². The molecule has 0 saturated heterocycles. The fourth-order valence-corrected chi connectivity index (χ4v) is 0.786. The van der Waals surface area contributed by atoms with Gasteiger partial charge in [-0.3, -0.25) is 9.59 Å². The first-order valence-corrected chi connectivity index (χ1v) is 5.67. The van der Waals surface area contributed by atoms with E-state index in [9.17, 15) is 9.59 Å². The Kier molecular flexibility index (Phi) is 15.9. The second-order valence-corrected chi connectivity index (χ2v) is 3.27. The van der Waals surface area contributed by atoms with E-state index in [1.807, 2.05) is 6.92 Å². The van der Waals surface area contributed by atoms with Gasteiger partial charge in [0.25, 0.3) is 0 Å². The van der Waals surface area contributed by atoms with Crippen LogP contribution in [0.3, 0.4) is 0 Å². The van der Waals surface area contributed by atoms with Gasteiger partial charge in [-0.15, -0.1) is 0 Å². The third-order valence-electron chi connectivity index (χ3n) is 1.63. The lowest BCUT2D eigenvalue weighted by Crippen LogP contribution is -2.06. The molecule has 3 N–H and O–H groups in total. The van der Waals surface area contributed by atoms with Crippen molar-refractivity contribution in [2.24, 2.45) is 0 Å². The summed E-state index contributed by atoms with van der Waals surface area (Å²) in [5.41, 5.74) is 0. The molecule has 0 aromatic rings. The first-order valence-electron chi connectivity index (χ1n) is 5.67. The summed E-state index contributed by atoms with van der Waals surface area (Å²) < 4.78 is 4.83. The van der Waals surface area contributed by atoms with Crippen LogP contribution < -0.4 is 0 Å². The average molecular weight is 250 g/mol. The highest BCUT2D eigenvalue weighted by Gasteiger charge is 2.04. The Hall–Kier alpha value is -1.14. The van der Waals surface area contributed by atoms with E-state index in [2.05, 4.69) is 0 Å². The van der Waals surface area contributed by atoms with E-state index in [4.69, 9.17) is 20.1 Å². The molecule has 0 fully saturated rings. The molecule has 0 bridgehead atoms. The van der Waals surface area contributed by atoms with Crippen LogP contribution in [0.15, 0.2) is 0 Å². The molecule has 0 aromatic heterocycles. The van der Waals surface area contributed by atoms with Gasteiger partial charge in [-0.05, 0) is 12.8 Å². The molecule has 17 heavy (non-hydrogen) atoms. The molecule has 0 atom stereocenters. The number of aliphatic hydroxyl groups excluding tert-OH is 2. The van der Waals surface area contributed by atoms with E-state index >= 15 is 0 Å². The Bertz CT molecular complexity index is 190. The van der Waals surface area contributed by atoms with Crippen LogP contribution in [-0.4, -0.2) is 47.1 Å². The van der Waals surface area contributed by atoms with Gasteiger partial charge in [0, 0.05) is 12.8 Å². The Morgan fingerprint density at radius 2 is 1.65 bits per heavy atom. The number of aliphatic carboxylic acids is 1. The molecule has 102 valence electrons. The van der Waals surface area contributed by atoms with Gasteiger partial charge in [-0.25, -0.2) is 0 Å². The fourth-order valence-electron chi connectivity index (χ4n) is 0.786. The lowest BCUT2D eigenvalue weighted by Gasteiger charge is -2.02. The average Bonchev–Trinajstić information content (AvgIpc) is 2.29. The Balaban J connectivity index is 0. The number of carboxylic acids is 1. The maximum atomic E-state index is 10.9. The van der Waals surface area contributed by atoms with E-state index < -0.39 is 5.97 Å². The van der Waals surface area contributed by atoms with Crippen molar-refractivity contribution in [1.29, 1.82) is 0 Å². The van der Waals surface area contributed by atoms with Crippen molar-refractivity contribution in [2.75, 3.05) is 19.8 Å². The van der Waals surface area contributed by atoms with Crippen LogP contribution in [0, 0.1) is 0 Å². The van der Waals surface area contributed by atoms with Gasteiger partial charge >= 0.3 is 11.9 Å². The van der Waals surface area contributed by atoms with Crippen LogP contribution in [0.4, 0.5) is 0 Å². The van der Waals surface area contributed by atoms with Gasteiger partial charge in [-0.2, -0.15) is 0 Å². The molecule has 0 rings (SSSR count). The van der Waals surface area contributed by atoms with Crippen LogP contribution in [0.25, 0.3) is 0 Å². The molecule has 6 nitrogen and oxygen atoms in total. The van der Waals surface area contributed by atoms with Gasteiger partial charge < -0.3 is 20.1 Å². The monoisotopic (exact) mass is 250 g/mol. The highest BCUT2D eigenvalue weighted by Crippen LogP contribution is 1.98. The van der Waals surface area contributed by atoms with Crippen molar-refractivity contribution in [3.8, 4) is 0 Å².